The first-order chi connectivity index (χ1) is 15.1. The smallest absolute Gasteiger partial charge is 0.288 e. The fourth-order valence-corrected chi connectivity index (χ4v) is 3.96. The van der Waals surface area contributed by atoms with Gasteiger partial charge in [0.25, 0.3) is 5.56 Å². The highest BCUT2D eigenvalue weighted by Gasteiger charge is 2.34. The number of hydrogen-bond acceptors (Lipinski definition) is 8. The van der Waals surface area contributed by atoms with Crippen LogP contribution < -0.4 is 20.3 Å². The second-order valence-electron chi connectivity index (χ2n) is 6.79. The van der Waals surface area contributed by atoms with Crippen molar-refractivity contribution in [1.29, 1.82) is 0 Å². The van der Waals surface area contributed by atoms with Crippen LogP contribution >= 0.6 is 15.9 Å². The number of ether oxygens (including phenoxy) is 2. The largest absolute Gasteiger partial charge is 0.493 e. The Morgan fingerprint density at radius 3 is 2.58 bits per heavy atom. The van der Waals surface area contributed by atoms with Gasteiger partial charge in [-0.25, -0.2) is 5.10 Å². The highest BCUT2D eigenvalue weighted by atomic mass is 79.9. The van der Waals surface area contributed by atoms with Crippen LogP contribution in [-0.4, -0.2) is 44.6 Å². The summed E-state index contributed by atoms with van der Waals surface area (Å²) in [6.07, 6.45) is 0. The van der Waals surface area contributed by atoms with Crippen LogP contribution in [0.3, 0.4) is 0 Å². The number of tetrazole rings is 1. The SMILES string of the molecule is COc1ccc(-c2n[nH]c(=O)c3c2[C@H](c2ccc(Br)cc2)n2nnnc2N3)cc1OC. The molecule has 0 saturated heterocycles. The third-order valence-electron chi connectivity index (χ3n) is 5.11. The molecule has 3 heterocycles. The standard InChI is InChI=1S/C20H16BrN7O3/c1-30-13-8-5-11(9-14(13)31-2)16-15-17(19(29)24-23-16)22-20-25-26-27-28(20)18(15)10-3-6-12(21)7-4-10/h3-9,18H,1-2H3,(H,24,29)(H,22,25,27)/t18-/m0/s1. The predicted octanol–water partition coefficient (Wildman–Crippen LogP) is 2.90. The summed E-state index contributed by atoms with van der Waals surface area (Å²) in [6, 6.07) is 12.8. The molecule has 31 heavy (non-hydrogen) atoms. The van der Waals surface area contributed by atoms with Crippen LogP contribution in [0.5, 0.6) is 11.5 Å². The molecule has 2 aromatic carbocycles. The van der Waals surface area contributed by atoms with Gasteiger partial charge in [0.15, 0.2) is 11.5 Å². The first kappa shape index (κ1) is 19.2. The van der Waals surface area contributed by atoms with Crippen molar-refractivity contribution in [2.75, 3.05) is 19.5 Å². The quantitative estimate of drug-likeness (QED) is 0.402. The molecule has 11 heteroatoms. The van der Waals surface area contributed by atoms with Crippen molar-refractivity contribution in [3.8, 4) is 22.8 Å². The minimum atomic E-state index is -0.466. The van der Waals surface area contributed by atoms with Crippen LogP contribution in [0.1, 0.15) is 17.2 Å². The summed E-state index contributed by atoms with van der Waals surface area (Å²) in [5, 5.41) is 21.9. The summed E-state index contributed by atoms with van der Waals surface area (Å²) in [5.41, 5.74) is 2.83. The van der Waals surface area contributed by atoms with Crippen molar-refractivity contribution in [3.05, 3.63) is 68.4 Å². The van der Waals surface area contributed by atoms with E-state index in [1.807, 2.05) is 36.4 Å². The van der Waals surface area contributed by atoms with Gasteiger partial charge in [-0.3, -0.25) is 4.79 Å². The average Bonchev–Trinajstić information content (AvgIpc) is 3.27. The Morgan fingerprint density at radius 2 is 1.84 bits per heavy atom. The first-order valence-electron chi connectivity index (χ1n) is 9.26. The van der Waals surface area contributed by atoms with Crippen LogP contribution in [0.2, 0.25) is 0 Å². The molecule has 0 amide bonds. The molecular formula is C20H16BrN7O3. The fraction of sp³-hybridized carbons (Fsp3) is 0.150. The van der Waals surface area contributed by atoms with E-state index in [1.165, 1.54) is 0 Å². The molecule has 1 atom stereocenters. The number of H-pyrrole nitrogens is 1. The number of nitrogens with zero attached hydrogens (tertiary/aromatic N) is 5. The van der Waals surface area contributed by atoms with Crippen LogP contribution in [0.15, 0.2) is 51.7 Å². The summed E-state index contributed by atoms with van der Waals surface area (Å²) in [6.45, 7) is 0. The Morgan fingerprint density at radius 1 is 1.06 bits per heavy atom. The Bertz CT molecular complexity index is 1330. The highest BCUT2D eigenvalue weighted by molar-refractivity contribution is 9.10. The molecule has 1 aliphatic rings. The van der Waals surface area contributed by atoms with E-state index in [4.69, 9.17) is 9.47 Å². The monoisotopic (exact) mass is 481 g/mol. The van der Waals surface area contributed by atoms with Gasteiger partial charge in [0, 0.05) is 15.6 Å². The zero-order chi connectivity index (χ0) is 21.5. The fourth-order valence-electron chi connectivity index (χ4n) is 3.69. The molecule has 5 rings (SSSR count). The maximum absolute atomic E-state index is 12.7. The van der Waals surface area contributed by atoms with Crippen molar-refractivity contribution in [2.24, 2.45) is 0 Å². The lowest BCUT2D eigenvalue weighted by Crippen LogP contribution is -2.29. The van der Waals surface area contributed by atoms with Gasteiger partial charge < -0.3 is 14.8 Å². The molecule has 0 bridgehead atoms. The number of hydrogen-bond donors (Lipinski definition) is 2. The molecule has 0 radical (unpaired) electrons. The Labute approximate surface area is 184 Å². The predicted molar refractivity (Wildman–Crippen MR) is 116 cm³/mol. The summed E-state index contributed by atoms with van der Waals surface area (Å²) in [5.74, 6) is 1.51. The Kier molecular flexibility index (Phi) is 4.66. The third-order valence-corrected chi connectivity index (χ3v) is 5.64. The number of anilines is 2. The van der Waals surface area contributed by atoms with Crippen molar-refractivity contribution >= 4 is 27.6 Å². The van der Waals surface area contributed by atoms with E-state index in [0.717, 1.165) is 15.6 Å². The second-order valence-corrected chi connectivity index (χ2v) is 7.70. The number of benzene rings is 2. The van der Waals surface area contributed by atoms with Gasteiger partial charge in [-0.05, 0) is 46.3 Å². The van der Waals surface area contributed by atoms with E-state index in [-0.39, 0.29) is 5.56 Å². The summed E-state index contributed by atoms with van der Waals surface area (Å²) >= 11 is 3.47. The van der Waals surface area contributed by atoms with Crippen LogP contribution in [0.4, 0.5) is 11.6 Å². The van der Waals surface area contributed by atoms with Crippen molar-refractivity contribution < 1.29 is 9.47 Å². The van der Waals surface area contributed by atoms with Gasteiger partial charge in [0.1, 0.15) is 11.7 Å². The van der Waals surface area contributed by atoms with Crippen LogP contribution in [0, 0.1) is 0 Å². The third kappa shape index (κ3) is 3.13. The van der Waals surface area contributed by atoms with E-state index in [2.05, 4.69) is 47.0 Å². The maximum Gasteiger partial charge on any atom is 0.288 e. The zero-order valence-corrected chi connectivity index (χ0v) is 18.0. The molecule has 0 aliphatic carbocycles. The number of aromatic amines is 1. The molecule has 0 fully saturated rings. The van der Waals surface area contributed by atoms with Gasteiger partial charge in [0.05, 0.1) is 19.9 Å². The lowest BCUT2D eigenvalue weighted by atomic mass is 9.92. The molecule has 0 spiro atoms. The molecule has 1 aliphatic heterocycles. The number of aromatic nitrogens is 6. The average molecular weight is 482 g/mol. The van der Waals surface area contributed by atoms with Gasteiger partial charge in [-0.2, -0.15) is 9.78 Å². The number of rotatable bonds is 4. The molecule has 156 valence electrons. The summed E-state index contributed by atoms with van der Waals surface area (Å²) in [7, 11) is 3.14. The van der Waals surface area contributed by atoms with E-state index in [9.17, 15) is 4.79 Å². The number of fused-ring (bicyclic) bond motifs is 2. The Balaban J connectivity index is 1.78. The lowest BCUT2D eigenvalue weighted by Gasteiger charge is -2.28. The summed E-state index contributed by atoms with van der Waals surface area (Å²) < 4.78 is 13.4. The number of nitrogens with one attached hydrogen (secondary N) is 2. The zero-order valence-electron chi connectivity index (χ0n) is 16.5. The van der Waals surface area contributed by atoms with Crippen LogP contribution in [-0.2, 0) is 0 Å². The molecule has 0 saturated carbocycles. The van der Waals surface area contributed by atoms with Crippen molar-refractivity contribution in [3.63, 3.8) is 0 Å². The second kappa shape index (κ2) is 7.51. The maximum atomic E-state index is 12.7. The van der Waals surface area contributed by atoms with Gasteiger partial charge in [-0.1, -0.05) is 33.2 Å². The van der Waals surface area contributed by atoms with Crippen molar-refractivity contribution in [2.45, 2.75) is 6.04 Å². The highest BCUT2D eigenvalue weighted by Crippen LogP contribution is 2.42. The van der Waals surface area contributed by atoms with E-state index >= 15 is 0 Å². The van der Waals surface area contributed by atoms with Gasteiger partial charge in [-0.15, -0.1) is 0 Å². The van der Waals surface area contributed by atoms with Gasteiger partial charge in [0.2, 0.25) is 5.95 Å². The van der Waals surface area contributed by atoms with E-state index in [1.54, 1.807) is 25.0 Å². The van der Waals surface area contributed by atoms with E-state index < -0.39 is 6.04 Å². The molecule has 2 N–H and O–H groups in total. The first-order valence-corrected chi connectivity index (χ1v) is 10.1. The molecule has 0 unspecified atom stereocenters. The normalized spacial score (nSPS) is 14.4. The molecule has 4 aromatic rings. The van der Waals surface area contributed by atoms with E-state index in [0.29, 0.717) is 34.4 Å². The molecular weight excluding hydrogens is 466 g/mol. The van der Waals surface area contributed by atoms with Crippen LogP contribution in [0.25, 0.3) is 11.3 Å². The molecule has 2 aromatic heterocycles. The topological polar surface area (TPSA) is 120 Å². The number of halogens is 1. The Hall–Kier alpha value is -3.73. The van der Waals surface area contributed by atoms with Crippen molar-refractivity contribution in [1.82, 2.24) is 30.4 Å². The lowest BCUT2D eigenvalue weighted by molar-refractivity contribution is 0.355. The minimum Gasteiger partial charge on any atom is -0.493 e. The molecule has 10 nitrogen and oxygen atoms in total. The summed E-state index contributed by atoms with van der Waals surface area (Å²) in [4.78, 5) is 12.7. The minimum absolute atomic E-state index is 0.343. The number of methoxy groups -OCH3 is 2. The van der Waals surface area contributed by atoms with Gasteiger partial charge >= 0.3 is 0 Å².